The normalized spacial score (nSPS) is 16.8. The predicted molar refractivity (Wildman–Crippen MR) is 104 cm³/mol. The van der Waals surface area contributed by atoms with Crippen LogP contribution < -0.4 is 4.90 Å². The summed E-state index contributed by atoms with van der Waals surface area (Å²) in [6.45, 7) is 7.51. The van der Waals surface area contributed by atoms with Gasteiger partial charge in [-0.25, -0.2) is 18.4 Å². The summed E-state index contributed by atoms with van der Waals surface area (Å²) in [5.41, 5.74) is 0.403. The van der Waals surface area contributed by atoms with Crippen molar-refractivity contribution in [2.45, 2.75) is 32.1 Å². The Labute approximate surface area is 161 Å². The molecule has 0 N–H and O–H groups in total. The summed E-state index contributed by atoms with van der Waals surface area (Å²) < 4.78 is 32.8. The zero-order valence-corrected chi connectivity index (χ0v) is 17.1. The molecule has 1 saturated heterocycles. The van der Waals surface area contributed by atoms with Gasteiger partial charge in [0.05, 0.1) is 5.39 Å². The molecule has 0 aromatic carbocycles. The van der Waals surface area contributed by atoms with E-state index in [0.29, 0.717) is 31.1 Å². The number of rotatable bonds is 3. The molecule has 3 aromatic heterocycles. The number of hydrogen-bond donors (Lipinski definition) is 0. The molecule has 3 aromatic rings. The SMILES string of the molecule is Cc1cc2c(N3CCCN(S(=O)(=O)c4c(C)noc4C)CC3)ncnc2s1. The fraction of sp³-hybridized carbons (Fsp3) is 0.471. The van der Waals surface area contributed by atoms with Crippen LogP contribution in [0.15, 0.2) is 21.8 Å². The van der Waals surface area contributed by atoms with Gasteiger partial charge in [-0.05, 0) is 33.3 Å². The first-order chi connectivity index (χ1) is 12.9. The minimum Gasteiger partial charge on any atom is -0.360 e. The largest absolute Gasteiger partial charge is 0.360 e. The lowest BCUT2D eigenvalue weighted by Crippen LogP contribution is -2.35. The minimum atomic E-state index is -3.63. The molecule has 0 unspecified atom stereocenters. The van der Waals surface area contributed by atoms with Crippen molar-refractivity contribution in [1.29, 1.82) is 0 Å². The molecule has 1 aliphatic rings. The van der Waals surface area contributed by atoms with Crippen LogP contribution in [0.25, 0.3) is 10.2 Å². The van der Waals surface area contributed by atoms with Gasteiger partial charge >= 0.3 is 0 Å². The van der Waals surface area contributed by atoms with E-state index in [-0.39, 0.29) is 4.90 Å². The van der Waals surface area contributed by atoms with Crippen LogP contribution in [-0.4, -0.2) is 54.0 Å². The van der Waals surface area contributed by atoms with Gasteiger partial charge in [-0.3, -0.25) is 0 Å². The van der Waals surface area contributed by atoms with Crippen molar-refractivity contribution in [2.24, 2.45) is 0 Å². The predicted octanol–water partition coefficient (Wildman–Crippen LogP) is 2.51. The molecule has 144 valence electrons. The number of aromatic nitrogens is 3. The van der Waals surface area contributed by atoms with E-state index in [1.165, 1.54) is 9.18 Å². The summed E-state index contributed by atoms with van der Waals surface area (Å²) in [6, 6.07) is 2.10. The number of fused-ring (bicyclic) bond motifs is 1. The van der Waals surface area contributed by atoms with Crippen molar-refractivity contribution in [3.63, 3.8) is 0 Å². The molecule has 0 saturated carbocycles. The second-order valence-corrected chi connectivity index (χ2v) is 9.78. The van der Waals surface area contributed by atoms with Crippen molar-refractivity contribution in [1.82, 2.24) is 19.4 Å². The first-order valence-corrected chi connectivity index (χ1v) is 11.0. The topological polar surface area (TPSA) is 92.4 Å². The van der Waals surface area contributed by atoms with Gasteiger partial charge < -0.3 is 9.42 Å². The molecule has 0 bridgehead atoms. The Hall–Kier alpha value is -2.04. The first kappa shape index (κ1) is 18.3. The van der Waals surface area contributed by atoms with E-state index in [2.05, 4.69) is 33.0 Å². The highest BCUT2D eigenvalue weighted by molar-refractivity contribution is 7.89. The quantitative estimate of drug-likeness (QED) is 0.658. The average Bonchev–Trinajstić information content (AvgIpc) is 3.05. The van der Waals surface area contributed by atoms with Gasteiger partial charge in [0.15, 0.2) is 5.76 Å². The second-order valence-electron chi connectivity index (χ2n) is 6.67. The van der Waals surface area contributed by atoms with Gasteiger partial charge in [0, 0.05) is 31.1 Å². The number of thiophene rings is 1. The van der Waals surface area contributed by atoms with Crippen molar-refractivity contribution < 1.29 is 12.9 Å². The summed E-state index contributed by atoms with van der Waals surface area (Å²) in [6.07, 6.45) is 2.30. The monoisotopic (exact) mass is 407 g/mol. The molecule has 27 heavy (non-hydrogen) atoms. The molecule has 4 heterocycles. The van der Waals surface area contributed by atoms with Crippen molar-refractivity contribution >= 4 is 37.4 Å². The van der Waals surface area contributed by atoms with E-state index in [9.17, 15) is 8.42 Å². The Balaban J connectivity index is 1.61. The Morgan fingerprint density at radius 1 is 1.11 bits per heavy atom. The van der Waals surface area contributed by atoms with Gasteiger partial charge in [-0.1, -0.05) is 5.16 Å². The van der Waals surface area contributed by atoms with Crippen LogP contribution in [0.1, 0.15) is 22.8 Å². The summed E-state index contributed by atoms with van der Waals surface area (Å²) in [5.74, 6) is 1.21. The molecule has 0 radical (unpaired) electrons. The van der Waals surface area contributed by atoms with Crippen molar-refractivity contribution in [3.05, 3.63) is 28.7 Å². The third-order valence-corrected chi connectivity index (χ3v) is 7.85. The molecular formula is C17H21N5O3S2. The van der Waals surface area contributed by atoms with E-state index in [1.807, 2.05) is 0 Å². The first-order valence-electron chi connectivity index (χ1n) is 8.77. The van der Waals surface area contributed by atoms with Gasteiger partial charge in [0.25, 0.3) is 0 Å². The van der Waals surface area contributed by atoms with Crippen LogP contribution in [0.4, 0.5) is 5.82 Å². The summed E-state index contributed by atoms with van der Waals surface area (Å²) in [7, 11) is -3.63. The molecular weight excluding hydrogens is 386 g/mol. The van der Waals surface area contributed by atoms with Crippen molar-refractivity contribution in [2.75, 3.05) is 31.1 Å². The minimum absolute atomic E-state index is 0.189. The summed E-state index contributed by atoms with van der Waals surface area (Å²) >= 11 is 1.64. The number of nitrogens with zero attached hydrogens (tertiary/aromatic N) is 5. The van der Waals surface area contributed by atoms with Gasteiger partial charge in [0.2, 0.25) is 10.0 Å². The highest BCUT2D eigenvalue weighted by Gasteiger charge is 2.32. The van der Waals surface area contributed by atoms with Gasteiger partial charge in [0.1, 0.15) is 27.6 Å². The lowest BCUT2D eigenvalue weighted by atomic mass is 10.3. The Bertz CT molecular complexity index is 1070. The zero-order valence-electron chi connectivity index (χ0n) is 15.5. The van der Waals surface area contributed by atoms with E-state index < -0.39 is 10.0 Å². The molecule has 0 aliphatic carbocycles. The van der Waals surface area contributed by atoms with Crippen LogP contribution in [-0.2, 0) is 10.0 Å². The maximum Gasteiger partial charge on any atom is 0.248 e. The Kier molecular flexibility index (Phi) is 4.65. The maximum atomic E-state index is 13.1. The third kappa shape index (κ3) is 3.21. The maximum absolute atomic E-state index is 13.1. The molecule has 0 spiro atoms. The molecule has 10 heteroatoms. The van der Waals surface area contributed by atoms with Crippen LogP contribution >= 0.6 is 11.3 Å². The van der Waals surface area contributed by atoms with Crippen molar-refractivity contribution in [3.8, 4) is 0 Å². The van der Waals surface area contributed by atoms with E-state index in [0.717, 1.165) is 29.0 Å². The fourth-order valence-electron chi connectivity index (χ4n) is 3.53. The molecule has 1 fully saturated rings. The standard InChI is InChI=1S/C17H21N5O3S2/c1-11-9-14-16(18-10-19-17(14)26-11)21-5-4-6-22(8-7-21)27(23,24)15-12(2)20-25-13(15)3/h9-10H,4-8H2,1-3H3. The lowest BCUT2D eigenvalue weighted by molar-refractivity contribution is 0.389. The van der Waals surface area contributed by atoms with E-state index in [4.69, 9.17) is 4.52 Å². The smallest absolute Gasteiger partial charge is 0.248 e. The highest BCUT2D eigenvalue weighted by Crippen LogP contribution is 2.31. The summed E-state index contributed by atoms with van der Waals surface area (Å²) in [4.78, 5) is 13.3. The van der Waals surface area contributed by atoms with Crippen LogP contribution in [0.3, 0.4) is 0 Å². The number of aryl methyl sites for hydroxylation is 3. The van der Waals surface area contributed by atoms with Crippen LogP contribution in [0.5, 0.6) is 0 Å². The summed E-state index contributed by atoms with van der Waals surface area (Å²) in [5, 5.41) is 4.82. The van der Waals surface area contributed by atoms with Crippen LogP contribution in [0.2, 0.25) is 0 Å². The molecule has 0 atom stereocenters. The molecule has 0 amide bonds. The number of anilines is 1. The van der Waals surface area contributed by atoms with E-state index >= 15 is 0 Å². The van der Waals surface area contributed by atoms with Gasteiger partial charge in [-0.15, -0.1) is 11.3 Å². The fourth-order valence-corrected chi connectivity index (χ4v) is 6.14. The second kappa shape index (κ2) is 6.84. The lowest BCUT2D eigenvalue weighted by Gasteiger charge is -2.23. The Morgan fingerprint density at radius 3 is 2.67 bits per heavy atom. The van der Waals surface area contributed by atoms with E-state index in [1.54, 1.807) is 31.5 Å². The molecule has 1 aliphatic heterocycles. The van der Waals surface area contributed by atoms with Crippen LogP contribution in [0, 0.1) is 20.8 Å². The molecule has 8 nitrogen and oxygen atoms in total. The highest BCUT2D eigenvalue weighted by atomic mass is 32.2. The van der Waals surface area contributed by atoms with Gasteiger partial charge in [-0.2, -0.15) is 4.31 Å². The molecule has 4 rings (SSSR count). The zero-order chi connectivity index (χ0) is 19.2. The number of sulfonamides is 1. The number of hydrogen-bond acceptors (Lipinski definition) is 8. The average molecular weight is 408 g/mol. The third-order valence-electron chi connectivity index (χ3n) is 4.75. The Morgan fingerprint density at radius 2 is 1.93 bits per heavy atom.